The highest BCUT2D eigenvalue weighted by atomic mass is 16.6. The fraction of sp³-hybridized carbons (Fsp3) is 0.222. The predicted octanol–water partition coefficient (Wildman–Crippen LogP) is 2.65. The molecule has 8 heteroatoms. The van der Waals surface area contributed by atoms with Gasteiger partial charge in [0.05, 0.1) is 7.11 Å². The van der Waals surface area contributed by atoms with E-state index in [2.05, 4.69) is 15.1 Å². The zero-order valence-electron chi connectivity index (χ0n) is 14.3. The highest BCUT2D eigenvalue weighted by Gasteiger charge is 2.18. The number of ether oxygens (including phenoxy) is 3. The molecule has 134 valence electrons. The molecule has 3 rings (SSSR count). The Kier molecular flexibility index (Phi) is 5.43. The smallest absolute Gasteiger partial charge is 0.347 e. The number of hydrogen-bond acceptors (Lipinski definition) is 8. The molecule has 1 atom stereocenters. The van der Waals surface area contributed by atoms with Crippen molar-refractivity contribution in [2.45, 2.75) is 19.6 Å². The Morgan fingerprint density at radius 1 is 1.19 bits per heavy atom. The van der Waals surface area contributed by atoms with E-state index in [-0.39, 0.29) is 12.5 Å². The van der Waals surface area contributed by atoms with E-state index in [0.717, 1.165) is 0 Å². The van der Waals surface area contributed by atoms with Crippen LogP contribution in [0.1, 0.15) is 12.8 Å². The first kappa shape index (κ1) is 17.4. The van der Waals surface area contributed by atoms with Gasteiger partial charge in [-0.3, -0.25) is 4.98 Å². The van der Waals surface area contributed by atoms with Crippen LogP contribution in [0.3, 0.4) is 0 Å². The van der Waals surface area contributed by atoms with Crippen molar-refractivity contribution in [2.24, 2.45) is 0 Å². The molecule has 0 amide bonds. The summed E-state index contributed by atoms with van der Waals surface area (Å²) in [4.78, 5) is 20.2. The van der Waals surface area contributed by atoms with E-state index in [0.29, 0.717) is 22.9 Å². The van der Waals surface area contributed by atoms with Crippen LogP contribution in [-0.2, 0) is 16.1 Å². The van der Waals surface area contributed by atoms with Gasteiger partial charge in [0.15, 0.2) is 12.7 Å². The average molecular weight is 355 g/mol. The first-order valence-corrected chi connectivity index (χ1v) is 7.86. The molecule has 0 radical (unpaired) electrons. The highest BCUT2D eigenvalue weighted by Crippen LogP contribution is 2.19. The van der Waals surface area contributed by atoms with Crippen molar-refractivity contribution >= 4 is 5.97 Å². The third-order valence-corrected chi connectivity index (χ3v) is 3.43. The van der Waals surface area contributed by atoms with Crippen LogP contribution in [0.2, 0.25) is 0 Å². The van der Waals surface area contributed by atoms with Crippen LogP contribution in [0.15, 0.2) is 53.3 Å². The second-order valence-electron chi connectivity index (χ2n) is 5.30. The number of benzene rings is 1. The van der Waals surface area contributed by atoms with E-state index in [1.807, 2.05) is 0 Å². The molecule has 8 nitrogen and oxygen atoms in total. The summed E-state index contributed by atoms with van der Waals surface area (Å²) in [6.45, 7) is 1.46. The third-order valence-electron chi connectivity index (χ3n) is 3.43. The van der Waals surface area contributed by atoms with Gasteiger partial charge in [0.1, 0.15) is 11.5 Å². The number of pyridine rings is 1. The number of esters is 1. The second kappa shape index (κ2) is 8.11. The molecule has 0 N–H and O–H groups in total. The van der Waals surface area contributed by atoms with Crippen molar-refractivity contribution in [3.63, 3.8) is 0 Å². The Morgan fingerprint density at radius 3 is 2.65 bits per heavy atom. The van der Waals surface area contributed by atoms with Crippen LogP contribution in [-0.4, -0.2) is 34.3 Å². The molecule has 1 aromatic carbocycles. The topological polar surface area (TPSA) is 96.6 Å². The monoisotopic (exact) mass is 355 g/mol. The van der Waals surface area contributed by atoms with E-state index in [9.17, 15) is 4.79 Å². The van der Waals surface area contributed by atoms with Crippen LogP contribution in [0.25, 0.3) is 11.4 Å². The quantitative estimate of drug-likeness (QED) is 0.597. The van der Waals surface area contributed by atoms with Gasteiger partial charge in [-0.2, -0.15) is 4.98 Å². The fourth-order valence-electron chi connectivity index (χ4n) is 2.08. The van der Waals surface area contributed by atoms with Gasteiger partial charge in [-0.25, -0.2) is 4.79 Å². The summed E-state index contributed by atoms with van der Waals surface area (Å²) in [6, 6.07) is 10.5. The molecule has 2 heterocycles. The van der Waals surface area contributed by atoms with Crippen molar-refractivity contribution in [2.75, 3.05) is 7.11 Å². The Balaban J connectivity index is 1.52. The largest absolute Gasteiger partial charge is 0.497 e. The standard InChI is InChI=1S/C18H17N3O5/c1-12(25-15-7-5-14(23-2)6-8-15)18(22)24-11-16-20-17(21-26-16)13-4-3-9-19-10-13/h3-10,12H,11H2,1-2H3. The van der Waals surface area contributed by atoms with Gasteiger partial charge in [-0.05, 0) is 43.3 Å². The number of rotatable bonds is 7. The molecule has 0 bridgehead atoms. The number of hydrogen-bond donors (Lipinski definition) is 0. The number of methoxy groups -OCH3 is 1. The van der Waals surface area contributed by atoms with E-state index in [1.165, 1.54) is 0 Å². The molecule has 0 fully saturated rings. The summed E-state index contributed by atoms with van der Waals surface area (Å²) >= 11 is 0. The lowest BCUT2D eigenvalue weighted by Gasteiger charge is -2.13. The number of carbonyl (C=O) groups is 1. The predicted molar refractivity (Wildman–Crippen MR) is 90.4 cm³/mol. The Labute approximate surface area is 149 Å². The molecule has 2 aromatic heterocycles. The van der Waals surface area contributed by atoms with Crippen molar-refractivity contribution in [1.29, 1.82) is 0 Å². The lowest BCUT2D eigenvalue weighted by atomic mass is 10.3. The minimum Gasteiger partial charge on any atom is -0.497 e. The Hall–Kier alpha value is -3.42. The minimum absolute atomic E-state index is 0.136. The zero-order valence-corrected chi connectivity index (χ0v) is 14.3. The number of nitrogens with zero attached hydrogens (tertiary/aromatic N) is 3. The first-order valence-electron chi connectivity index (χ1n) is 7.86. The summed E-state index contributed by atoms with van der Waals surface area (Å²) in [5.74, 6) is 1.27. The molecule has 1 unspecified atom stereocenters. The van der Waals surface area contributed by atoms with Crippen LogP contribution in [0, 0.1) is 0 Å². The van der Waals surface area contributed by atoms with E-state index in [4.69, 9.17) is 18.7 Å². The van der Waals surface area contributed by atoms with Gasteiger partial charge in [0.2, 0.25) is 5.82 Å². The molecule has 26 heavy (non-hydrogen) atoms. The summed E-state index contributed by atoms with van der Waals surface area (Å²) in [5, 5.41) is 3.83. The van der Waals surface area contributed by atoms with Crippen molar-refractivity contribution < 1.29 is 23.5 Å². The van der Waals surface area contributed by atoms with Gasteiger partial charge in [0, 0.05) is 18.0 Å². The molecular weight excluding hydrogens is 338 g/mol. The maximum atomic E-state index is 12.0. The van der Waals surface area contributed by atoms with Gasteiger partial charge in [0.25, 0.3) is 5.89 Å². The molecule has 0 aliphatic rings. The summed E-state index contributed by atoms with van der Waals surface area (Å²) in [6.07, 6.45) is 2.48. The SMILES string of the molecule is COc1ccc(OC(C)C(=O)OCc2nc(-c3cccnc3)no2)cc1. The first-order chi connectivity index (χ1) is 12.7. The van der Waals surface area contributed by atoms with E-state index >= 15 is 0 Å². The minimum atomic E-state index is -0.788. The third kappa shape index (κ3) is 4.35. The van der Waals surface area contributed by atoms with Crippen LogP contribution >= 0.6 is 0 Å². The Morgan fingerprint density at radius 2 is 1.96 bits per heavy atom. The summed E-state index contributed by atoms with van der Waals surface area (Å²) < 4.78 is 20.8. The van der Waals surface area contributed by atoms with Crippen molar-refractivity contribution in [3.8, 4) is 22.9 Å². The molecule has 0 aliphatic carbocycles. The maximum Gasteiger partial charge on any atom is 0.347 e. The lowest BCUT2D eigenvalue weighted by Crippen LogP contribution is -2.26. The van der Waals surface area contributed by atoms with Crippen molar-refractivity contribution in [3.05, 3.63) is 54.7 Å². The summed E-state index contributed by atoms with van der Waals surface area (Å²) in [5.41, 5.74) is 0.713. The molecule has 0 spiro atoms. The van der Waals surface area contributed by atoms with Gasteiger partial charge >= 0.3 is 5.97 Å². The molecular formula is C18H17N3O5. The fourth-order valence-corrected chi connectivity index (χ4v) is 2.08. The molecule has 0 saturated heterocycles. The normalized spacial score (nSPS) is 11.6. The Bertz CT molecular complexity index is 849. The van der Waals surface area contributed by atoms with Crippen LogP contribution in [0.4, 0.5) is 0 Å². The average Bonchev–Trinajstić information content (AvgIpc) is 3.16. The zero-order chi connectivity index (χ0) is 18.4. The van der Waals surface area contributed by atoms with Crippen LogP contribution < -0.4 is 9.47 Å². The van der Waals surface area contributed by atoms with Gasteiger partial charge in [-0.15, -0.1) is 0 Å². The van der Waals surface area contributed by atoms with Crippen molar-refractivity contribution in [1.82, 2.24) is 15.1 Å². The molecule has 0 aliphatic heterocycles. The van der Waals surface area contributed by atoms with E-state index in [1.54, 1.807) is 62.8 Å². The molecule has 0 saturated carbocycles. The maximum absolute atomic E-state index is 12.0. The lowest BCUT2D eigenvalue weighted by molar-refractivity contribution is -0.153. The van der Waals surface area contributed by atoms with Gasteiger partial charge in [-0.1, -0.05) is 5.16 Å². The van der Waals surface area contributed by atoms with Gasteiger partial charge < -0.3 is 18.7 Å². The number of aromatic nitrogens is 3. The second-order valence-corrected chi connectivity index (χ2v) is 5.30. The molecule has 3 aromatic rings. The van der Waals surface area contributed by atoms with E-state index < -0.39 is 12.1 Å². The summed E-state index contributed by atoms with van der Waals surface area (Å²) in [7, 11) is 1.58. The highest BCUT2D eigenvalue weighted by molar-refractivity contribution is 5.74. The van der Waals surface area contributed by atoms with Crippen LogP contribution in [0.5, 0.6) is 11.5 Å². The number of carbonyl (C=O) groups excluding carboxylic acids is 1.